The van der Waals surface area contributed by atoms with Gasteiger partial charge in [0.05, 0.1) is 16.7 Å². The van der Waals surface area contributed by atoms with Gasteiger partial charge in [-0.2, -0.15) is 0 Å². The van der Waals surface area contributed by atoms with Crippen molar-refractivity contribution in [3.63, 3.8) is 0 Å². The first kappa shape index (κ1) is 14.0. The lowest BCUT2D eigenvalue weighted by Crippen LogP contribution is -2.42. The van der Waals surface area contributed by atoms with Gasteiger partial charge in [0.15, 0.2) is 0 Å². The Balaban J connectivity index is 1.86. The van der Waals surface area contributed by atoms with E-state index < -0.39 is 5.60 Å². The zero-order chi connectivity index (χ0) is 14.9. The van der Waals surface area contributed by atoms with Gasteiger partial charge in [0, 0.05) is 25.2 Å². The second-order valence-corrected chi connectivity index (χ2v) is 5.97. The van der Waals surface area contributed by atoms with E-state index >= 15 is 0 Å². The fourth-order valence-corrected chi connectivity index (χ4v) is 3.19. The molecule has 4 heteroatoms. The summed E-state index contributed by atoms with van der Waals surface area (Å²) in [6.45, 7) is 0.384. The summed E-state index contributed by atoms with van der Waals surface area (Å²) in [7, 11) is 1.75. The molecular formula is C17H20N2O2. The van der Waals surface area contributed by atoms with E-state index in [1.165, 1.54) is 0 Å². The average Bonchev–Trinajstić information content (AvgIpc) is 2.92. The number of carbonyl (C=O) groups is 1. The first-order valence-corrected chi connectivity index (χ1v) is 7.41. The molecule has 4 nitrogen and oxygen atoms in total. The summed E-state index contributed by atoms with van der Waals surface area (Å²) in [4.78, 5) is 18.6. The van der Waals surface area contributed by atoms with Crippen LogP contribution in [0.15, 0.2) is 36.5 Å². The summed E-state index contributed by atoms with van der Waals surface area (Å²) in [6, 6.07) is 9.43. The van der Waals surface area contributed by atoms with Crippen LogP contribution in [0.25, 0.3) is 10.9 Å². The van der Waals surface area contributed by atoms with Gasteiger partial charge in [-0.15, -0.1) is 0 Å². The topological polar surface area (TPSA) is 53.4 Å². The minimum Gasteiger partial charge on any atom is -0.388 e. The third-order valence-corrected chi connectivity index (χ3v) is 4.28. The van der Waals surface area contributed by atoms with Crippen molar-refractivity contribution in [2.45, 2.75) is 31.3 Å². The van der Waals surface area contributed by atoms with E-state index in [1.54, 1.807) is 24.2 Å². The van der Waals surface area contributed by atoms with E-state index in [4.69, 9.17) is 0 Å². The summed E-state index contributed by atoms with van der Waals surface area (Å²) in [5.74, 6) is -0.0837. The van der Waals surface area contributed by atoms with E-state index in [-0.39, 0.29) is 5.91 Å². The maximum Gasteiger partial charge on any atom is 0.255 e. The fourth-order valence-electron chi connectivity index (χ4n) is 3.19. The van der Waals surface area contributed by atoms with Crippen LogP contribution in [0.2, 0.25) is 0 Å². The number of nitrogens with zero attached hydrogens (tertiary/aromatic N) is 2. The molecular weight excluding hydrogens is 264 g/mol. The Morgan fingerprint density at radius 1 is 1.29 bits per heavy atom. The molecule has 0 spiro atoms. The normalized spacial score (nSPS) is 17.0. The van der Waals surface area contributed by atoms with E-state index in [9.17, 15) is 9.90 Å². The van der Waals surface area contributed by atoms with Crippen LogP contribution in [0.1, 0.15) is 36.0 Å². The number of hydrogen-bond donors (Lipinski definition) is 1. The van der Waals surface area contributed by atoms with Gasteiger partial charge in [-0.25, -0.2) is 0 Å². The zero-order valence-electron chi connectivity index (χ0n) is 12.2. The van der Waals surface area contributed by atoms with Crippen molar-refractivity contribution in [3.05, 3.63) is 42.1 Å². The molecule has 0 radical (unpaired) electrons. The highest BCUT2D eigenvalue weighted by Gasteiger charge is 2.33. The molecule has 3 rings (SSSR count). The molecule has 0 bridgehead atoms. The standard InChI is InChI=1S/C17H20N2O2/c1-19(12-17(21)9-2-3-10-17)16(20)14-8-4-6-13-7-5-11-18-15(13)14/h4-8,11,21H,2-3,9-10,12H2,1H3. The van der Waals surface area contributed by atoms with E-state index in [1.807, 2.05) is 24.3 Å². The number of pyridine rings is 1. The molecule has 1 aliphatic rings. The van der Waals surface area contributed by atoms with Crippen molar-refractivity contribution < 1.29 is 9.90 Å². The number of aromatic nitrogens is 1. The molecule has 110 valence electrons. The maximum atomic E-state index is 12.7. The van der Waals surface area contributed by atoms with Crippen molar-refractivity contribution in [2.24, 2.45) is 0 Å². The summed E-state index contributed by atoms with van der Waals surface area (Å²) >= 11 is 0. The molecule has 1 fully saturated rings. The summed E-state index contributed by atoms with van der Waals surface area (Å²) in [5, 5.41) is 11.4. The average molecular weight is 284 g/mol. The number of benzene rings is 1. The molecule has 0 saturated heterocycles. The van der Waals surface area contributed by atoms with Gasteiger partial charge in [0.2, 0.25) is 0 Å². The van der Waals surface area contributed by atoms with Crippen molar-refractivity contribution >= 4 is 16.8 Å². The van der Waals surface area contributed by atoms with E-state index in [2.05, 4.69) is 4.98 Å². The van der Waals surface area contributed by atoms with Gasteiger partial charge in [-0.1, -0.05) is 31.0 Å². The molecule has 1 amide bonds. The van der Waals surface area contributed by atoms with Crippen molar-refractivity contribution in [3.8, 4) is 0 Å². The molecule has 1 aromatic carbocycles. The molecule has 1 saturated carbocycles. The minimum atomic E-state index is -0.720. The van der Waals surface area contributed by atoms with Gasteiger partial charge in [-0.3, -0.25) is 9.78 Å². The van der Waals surface area contributed by atoms with Crippen LogP contribution >= 0.6 is 0 Å². The predicted molar refractivity (Wildman–Crippen MR) is 82.1 cm³/mol. The SMILES string of the molecule is CN(CC1(O)CCCC1)C(=O)c1cccc2cccnc12. The second kappa shape index (κ2) is 5.45. The van der Waals surface area contributed by atoms with Gasteiger partial charge in [0.25, 0.3) is 5.91 Å². The molecule has 1 heterocycles. The van der Waals surface area contributed by atoms with Gasteiger partial charge in [-0.05, 0) is 25.0 Å². The number of amides is 1. The Bertz CT molecular complexity index is 657. The minimum absolute atomic E-state index is 0.0837. The van der Waals surface area contributed by atoms with Gasteiger partial charge in [0.1, 0.15) is 0 Å². The van der Waals surface area contributed by atoms with Crippen LogP contribution in [0.3, 0.4) is 0 Å². The van der Waals surface area contributed by atoms with Crippen LogP contribution in [0.4, 0.5) is 0 Å². The summed E-state index contributed by atoms with van der Waals surface area (Å²) in [6.07, 6.45) is 5.32. The fraction of sp³-hybridized carbons (Fsp3) is 0.412. The monoisotopic (exact) mass is 284 g/mol. The third kappa shape index (κ3) is 2.76. The van der Waals surface area contributed by atoms with E-state index in [0.717, 1.165) is 36.6 Å². The number of aliphatic hydroxyl groups is 1. The van der Waals surface area contributed by atoms with Gasteiger partial charge >= 0.3 is 0 Å². The smallest absolute Gasteiger partial charge is 0.255 e. The van der Waals surface area contributed by atoms with Crippen LogP contribution in [0, 0.1) is 0 Å². The Morgan fingerprint density at radius 3 is 2.76 bits per heavy atom. The Hall–Kier alpha value is -1.94. The molecule has 21 heavy (non-hydrogen) atoms. The van der Waals surface area contributed by atoms with Crippen molar-refractivity contribution in [1.82, 2.24) is 9.88 Å². The third-order valence-electron chi connectivity index (χ3n) is 4.28. The molecule has 1 aliphatic carbocycles. The van der Waals surface area contributed by atoms with Crippen LogP contribution in [0.5, 0.6) is 0 Å². The number of fused-ring (bicyclic) bond motifs is 1. The largest absolute Gasteiger partial charge is 0.388 e. The molecule has 2 aromatic rings. The lowest BCUT2D eigenvalue weighted by atomic mass is 10.0. The Labute approximate surface area is 124 Å². The number of carbonyl (C=O) groups excluding carboxylic acids is 1. The Kier molecular flexibility index (Phi) is 3.64. The highest BCUT2D eigenvalue weighted by molar-refractivity contribution is 6.05. The number of rotatable bonds is 3. The number of para-hydroxylation sites is 1. The van der Waals surface area contributed by atoms with E-state index in [0.29, 0.717) is 12.1 Å². The molecule has 0 unspecified atom stereocenters. The lowest BCUT2D eigenvalue weighted by Gasteiger charge is -2.28. The second-order valence-electron chi connectivity index (χ2n) is 5.97. The van der Waals surface area contributed by atoms with Crippen LogP contribution in [-0.2, 0) is 0 Å². The van der Waals surface area contributed by atoms with Crippen molar-refractivity contribution in [1.29, 1.82) is 0 Å². The van der Waals surface area contributed by atoms with Gasteiger partial charge < -0.3 is 10.0 Å². The Morgan fingerprint density at radius 2 is 2.00 bits per heavy atom. The van der Waals surface area contributed by atoms with Crippen molar-refractivity contribution in [2.75, 3.05) is 13.6 Å². The quantitative estimate of drug-likeness (QED) is 0.942. The van der Waals surface area contributed by atoms with Crippen LogP contribution in [-0.4, -0.2) is 40.1 Å². The first-order valence-electron chi connectivity index (χ1n) is 7.41. The lowest BCUT2D eigenvalue weighted by molar-refractivity contribution is 0.0157. The highest BCUT2D eigenvalue weighted by Crippen LogP contribution is 2.30. The number of hydrogen-bond acceptors (Lipinski definition) is 3. The summed E-state index contributed by atoms with van der Waals surface area (Å²) < 4.78 is 0. The number of likely N-dealkylation sites (N-methyl/N-ethyl adjacent to an activating group) is 1. The highest BCUT2D eigenvalue weighted by atomic mass is 16.3. The molecule has 0 aliphatic heterocycles. The maximum absolute atomic E-state index is 12.7. The molecule has 1 aromatic heterocycles. The predicted octanol–water partition coefficient (Wildman–Crippen LogP) is 2.61. The molecule has 0 atom stereocenters. The molecule has 1 N–H and O–H groups in total. The van der Waals surface area contributed by atoms with Crippen LogP contribution < -0.4 is 0 Å². The zero-order valence-corrected chi connectivity index (χ0v) is 12.2. The first-order chi connectivity index (χ1) is 10.1. The summed E-state index contributed by atoms with van der Waals surface area (Å²) in [5.41, 5.74) is 0.593.